The fourth-order valence-electron chi connectivity index (χ4n) is 1.59. The molecule has 0 aromatic carbocycles. The van der Waals surface area contributed by atoms with E-state index >= 15 is 0 Å². The normalized spacial score (nSPS) is 10.2. The number of nitrogens with one attached hydrogen (secondary N) is 1. The molecule has 0 saturated carbocycles. The largest absolute Gasteiger partial charge is 0.493 e. The van der Waals surface area contributed by atoms with Gasteiger partial charge in [0.15, 0.2) is 11.6 Å². The molecule has 17 heavy (non-hydrogen) atoms. The standard InChI is InChI=1S/C12H16N4O/c1-16-9-6-10(15-16)5-8-14-12-11(17-2)4-3-7-13-12/h3-4,6-7,9H,5,8H2,1-2H3,(H,13,14). The van der Waals surface area contributed by atoms with Crippen molar-refractivity contribution in [2.75, 3.05) is 19.0 Å². The molecule has 0 unspecified atom stereocenters. The average Bonchev–Trinajstić information content (AvgIpc) is 2.76. The van der Waals surface area contributed by atoms with Crippen LogP contribution < -0.4 is 10.1 Å². The van der Waals surface area contributed by atoms with Gasteiger partial charge in [0.25, 0.3) is 0 Å². The predicted molar refractivity (Wildman–Crippen MR) is 66.2 cm³/mol. The van der Waals surface area contributed by atoms with E-state index in [4.69, 9.17) is 4.74 Å². The summed E-state index contributed by atoms with van der Waals surface area (Å²) in [6.45, 7) is 0.782. The second kappa shape index (κ2) is 5.34. The predicted octanol–water partition coefficient (Wildman–Crippen LogP) is 1.48. The van der Waals surface area contributed by atoms with Gasteiger partial charge in [0.1, 0.15) is 0 Å². The molecule has 0 spiro atoms. The van der Waals surface area contributed by atoms with E-state index in [0.29, 0.717) is 0 Å². The molecule has 5 nitrogen and oxygen atoms in total. The van der Waals surface area contributed by atoms with Crippen molar-refractivity contribution in [3.05, 3.63) is 36.3 Å². The Labute approximate surface area is 100 Å². The first-order valence-corrected chi connectivity index (χ1v) is 5.51. The Hall–Kier alpha value is -2.04. The fraction of sp³-hybridized carbons (Fsp3) is 0.333. The highest BCUT2D eigenvalue weighted by Crippen LogP contribution is 2.19. The molecule has 1 N–H and O–H groups in total. The topological polar surface area (TPSA) is 52.0 Å². The summed E-state index contributed by atoms with van der Waals surface area (Å²) in [4.78, 5) is 4.22. The monoisotopic (exact) mass is 232 g/mol. The van der Waals surface area contributed by atoms with Gasteiger partial charge in [-0.3, -0.25) is 4.68 Å². The number of methoxy groups -OCH3 is 1. The lowest BCUT2D eigenvalue weighted by molar-refractivity contribution is 0.415. The molecule has 2 heterocycles. The van der Waals surface area contributed by atoms with Crippen molar-refractivity contribution in [3.8, 4) is 5.75 Å². The van der Waals surface area contributed by atoms with Gasteiger partial charge in [-0.25, -0.2) is 4.98 Å². The van der Waals surface area contributed by atoms with E-state index in [1.807, 2.05) is 31.4 Å². The van der Waals surface area contributed by atoms with Crippen LogP contribution in [-0.2, 0) is 13.5 Å². The van der Waals surface area contributed by atoms with Crippen LogP contribution in [-0.4, -0.2) is 28.4 Å². The third kappa shape index (κ3) is 2.96. The van der Waals surface area contributed by atoms with Crippen LogP contribution in [0.1, 0.15) is 5.69 Å². The zero-order chi connectivity index (χ0) is 12.1. The molecule has 0 aliphatic heterocycles. The fourth-order valence-corrected chi connectivity index (χ4v) is 1.59. The second-order valence-electron chi connectivity index (χ2n) is 3.71. The van der Waals surface area contributed by atoms with Crippen LogP contribution in [0.2, 0.25) is 0 Å². The van der Waals surface area contributed by atoms with Gasteiger partial charge < -0.3 is 10.1 Å². The molecule has 0 amide bonds. The van der Waals surface area contributed by atoms with E-state index in [1.165, 1.54) is 0 Å². The number of ether oxygens (including phenoxy) is 1. The Balaban J connectivity index is 1.89. The van der Waals surface area contributed by atoms with E-state index in [2.05, 4.69) is 15.4 Å². The third-order valence-corrected chi connectivity index (χ3v) is 2.43. The molecule has 2 rings (SSSR count). The van der Waals surface area contributed by atoms with Crippen LogP contribution >= 0.6 is 0 Å². The van der Waals surface area contributed by atoms with E-state index < -0.39 is 0 Å². The van der Waals surface area contributed by atoms with Gasteiger partial charge in [-0.15, -0.1) is 0 Å². The number of hydrogen-bond donors (Lipinski definition) is 1. The zero-order valence-electron chi connectivity index (χ0n) is 10.1. The Bertz CT molecular complexity index is 481. The molecule has 0 saturated heterocycles. The second-order valence-corrected chi connectivity index (χ2v) is 3.71. The van der Waals surface area contributed by atoms with Crippen molar-refractivity contribution in [1.82, 2.24) is 14.8 Å². The molecule has 90 valence electrons. The average molecular weight is 232 g/mol. The molecule has 5 heteroatoms. The first-order chi connectivity index (χ1) is 8.29. The van der Waals surface area contributed by atoms with Gasteiger partial charge in [0.2, 0.25) is 0 Å². The van der Waals surface area contributed by atoms with E-state index in [0.717, 1.165) is 30.2 Å². The SMILES string of the molecule is COc1cccnc1NCCc1ccn(C)n1. The first kappa shape index (κ1) is 11.4. The number of hydrogen-bond acceptors (Lipinski definition) is 4. The van der Waals surface area contributed by atoms with E-state index in [1.54, 1.807) is 18.0 Å². The molecule has 0 aliphatic rings. The van der Waals surface area contributed by atoms with Crippen molar-refractivity contribution in [2.24, 2.45) is 7.05 Å². The molecular formula is C12H16N4O. The number of nitrogens with zero attached hydrogens (tertiary/aromatic N) is 3. The highest BCUT2D eigenvalue weighted by atomic mass is 16.5. The Morgan fingerprint density at radius 2 is 2.29 bits per heavy atom. The van der Waals surface area contributed by atoms with Crippen molar-refractivity contribution in [2.45, 2.75) is 6.42 Å². The van der Waals surface area contributed by atoms with Gasteiger partial charge >= 0.3 is 0 Å². The summed E-state index contributed by atoms with van der Waals surface area (Å²) >= 11 is 0. The number of anilines is 1. The Kier molecular flexibility index (Phi) is 3.59. The van der Waals surface area contributed by atoms with Gasteiger partial charge in [0.05, 0.1) is 12.8 Å². The number of aromatic nitrogens is 3. The lowest BCUT2D eigenvalue weighted by Crippen LogP contribution is -2.08. The van der Waals surface area contributed by atoms with Crippen LogP contribution in [0.4, 0.5) is 5.82 Å². The molecule has 2 aromatic rings. The smallest absolute Gasteiger partial charge is 0.168 e. The minimum Gasteiger partial charge on any atom is -0.493 e. The summed E-state index contributed by atoms with van der Waals surface area (Å²) in [6.07, 6.45) is 4.54. The molecule has 0 bridgehead atoms. The van der Waals surface area contributed by atoms with E-state index in [-0.39, 0.29) is 0 Å². The summed E-state index contributed by atoms with van der Waals surface area (Å²) in [6, 6.07) is 5.75. The molecule has 0 aliphatic carbocycles. The zero-order valence-corrected chi connectivity index (χ0v) is 10.1. The van der Waals surface area contributed by atoms with Crippen LogP contribution in [0.3, 0.4) is 0 Å². The molecule has 0 fully saturated rings. The Morgan fingerprint density at radius 3 is 3.00 bits per heavy atom. The highest BCUT2D eigenvalue weighted by molar-refractivity contribution is 5.49. The maximum atomic E-state index is 5.21. The summed E-state index contributed by atoms with van der Waals surface area (Å²) in [5, 5.41) is 7.55. The van der Waals surface area contributed by atoms with Gasteiger partial charge in [0, 0.05) is 32.4 Å². The summed E-state index contributed by atoms with van der Waals surface area (Å²) < 4.78 is 7.01. The van der Waals surface area contributed by atoms with Gasteiger partial charge in [-0.1, -0.05) is 0 Å². The van der Waals surface area contributed by atoms with Crippen LogP contribution in [0.5, 0.6) is 5.75 Å². The molecule has 0 atom stereocenters. The number of rotatable bonds is 5. The van der Waals surface area contributed by atoms with Gasteiger partial charge in [-0.05, 0) is 18.2 Å². The van der Waals surface area contributed by atoms with Gasteiger partial charge in [-0.2, -0.15) is 5.10 Å². The number of pyridine rings is 1. The van der Waals surface area contributed by atoms with Crippen LogP contribution in [0.25, 0.3) is 0 Å². The minimum atomic E-state index is 0.758. The van der Waals surface area contributed by atoms with Crippen molar-refractivity contribution in [3.63, 3.8) is 0 Å². The highest BCUT2D eigenvalue weighted by Gasteiger charge is 2.02. The van der Waals surface area contributed by atoms with Crippen molar-refractivity contribution >= 4 is 5.82 Å². The summed E-state index contributed by atoms with van der Waals surface area (Å²) in [5.41, 5.74) is 1.06. The van der Waals surface area contributed by atoms with Crippen LogP contribution in [0, 0.1) is 0 Å². The lowest BCUT2D eigenvalue weighted by Gasteiger charge is -2.08. The van der Waals surface area contributed by atoms with Crippen molar-refractivity contribution < 1.29 is 4.74 Å². The number of aryl methyl sites for hydroxylation is 1. The molecular weight excluding hydrogens is 216 g/mol. The quantitative estimate of drug-likeness (QED) is 0.848. The lowest BCUT2D eigenvalue weighted by atomic mass is 10.3. The minimum absolute atomic E-state index is 0.758. The molecule has 2 aromatic heterocycles. The third-order valence-electron chi connectivity index (χ3n) is 2.43. The molecule has 0 radical (unpaired) electrons. The Morgan fingerprint density at radius 1 is 1.41 bits per heavy atom. The van der Waals surface area contributed by atoms with E-state index in [9.17, 15) is 0 Å². The van der Waals surface area contributed by atoms with Crippen LogP contribution in [0.15, 0.2) is 30.6 Å². The summed E-state index contributed by atoms with van der Waals surface area (Å²) in [5.74, 6) is 1.53. The maximum Gasteiger partial charge on any atom is 0.168 e. The van der Waals surface area contributed by atoms with Crippen molar-refractivity contribution in [1.29, 1.82) is 0 Å². The maximum absolute atomic E-state index is 5.21. The first-order valence-electron chi connectivity index (χ1n) is 5.51. The summed E-state index contributed by atoms with van der Waals surface area (Å²) in [7, 11) is 3.56.